The van der Waals surface area contributed by atoms with Gasteiger partial charge in [-0.25, -0.2) is 9.59 Å². The fourth-order valence-corrected chi connectivity index (χ4v) is 2.66. The molecular formula is C17H16Cl2N2O3. The standard InChI is InChI=1S/C17H16Cl2N2O3/c1-24-16(22)15(7-11-5-3-2-4-6-11)21-17(23)20-14-9-12(18)8-13(19)10-14/h2-6,8-10,15H,7H2,1H3,(H2,20,21,23)/t15-/m0/s1. The normalized spacial score (nSPS) is 11.5. The minimum Gasteiger partial charge on any atom is -0.467 e. The lowest BCUT2D eigenvalue weighted by atomic mass is 10.1. The first-order valence-electron chi connectivity index (χ1n) is 7.13. The molecule has 24 heavy (non-hydrogen) atoms. The number of hydrogen-bond donors (Lipinski definition) is 2. The van der Waals surface area contributed by atoms with Crippen LogP contribution in [0.25, 0.3) is 0 Å². The van der Waals surface area contributed by atoms with Crippen molar-refractivity contribution < 1.29 is 14.3 Å². The van der Waals surface area contributed by atoms with Gasteiger partial charge in [0.25, 0.3) is 0 Å². The van der Waals surface area contributed by atoms with Gasteiger partial charge in [0.1, 0.15) is 6.04 Å². The van der Waals surface area contributed by atoms with Crippen molar-refractivity contribution in [3.05, 3.63) is 64.1 Å². The quantitative estimate of drug-likeness (QED) is 0.788. The van der Waals surface area contributed by atoms with Crippen LogP contribution in [0, 0.1) is 0 Å². The molecule has 0 unspecified atom stereocenters. The van der Waals surface area contributed by atoms with E-state index in [1.165, 1.54) is 7.11 Å². The summed E-state index contributed by atoms with van der Waals surface area (Å²) in [5.74, 6) is -0.530. The van der Waals surface area contributed by atoms with Gasteiger partial charge >= 0.3 is 12.0 Å². The molecule has 2 rings (SSSR count). The Kier molecular flexibility index (Phi) is 6.46. The molecule has 0 aromatic heterocycles. The number of benzene rings is 2. The van der Waals surface area contributed by atoms with E-state index in [0.29, 0.717) is 22.2 Å². The zero-order valence-corrected chi connectivity index (χ0v) is 14.4. The number of nitrogens with one attached hydrogen (secondary N) is 2. The summed E-state index contributed by atoms with van der Waals surface area (Å²) in [6, 6.07) is 12.6. The minimum absolute atomic E-state index is 0.317. The molecule has 0 aliphatic heterocycles. The number of amides is 2. The van der Waals surface area contributed by atoms with Gasteiger partial charge in [0.05, 0.1) is 7.11 Å². The van der Waals surface area contributed by atoms with E-state index in [2.05, 4.69) is 10.6 Å². The van der Waals surface area contributed by atoms with Crippen LogP contribution in [0.3, 0.4) is 0 Å². The predicted octanol–water partition coefficient (Wildman–Crippen LogP) is 3.90. The highest BCUT2D eigenvalue weighted by Crippen LogP contribution is 2.22. The Morgan fingerprint density at radius 1 is 1.08 bits per heavy atom. The molecule has 2 aromatic carbocycles. The third-order valence-electron chi connectivity index (χ3n) is 3.19. The number of esters is 1. The Hall–Kier alpha value is -2.24. The first kappa shape index (κ1) is 18.1. The lowest BCUT2D eigenvalue weighted by Crippen LogP contribution is -2.45. The van der Waals surface area contributed by atoms with Crippen LogP contribution in [-0.2, 0) is 16.0 Å². The van der Waals surface area contributed by atoms with Gasteiger partial charge in [0, 0.05) is 22.2 Å². The maximum atomic E-state index is 12.1. The molecule has 0 aliphatic carbocycles. The summed E-state index contributed by atoms with van der Waals surface area (Å²) in [5, 5.41) is 5.97. The van der Waals surface area contributed by atoms with E-state index in [-0.39, 0.29) is 0 Å². The van der Waals surface area contributed by atoms with Crippen molar-refractivity contribution >= 4 is 40.9 Å². The molecule has 0 aliphatic rings. The molecule has 0 spiro atoms. The predicted molar refractivity (Wildman–Crippen MR) is 94.6 cm³/mol. The summed E-state index contributed by atoms with van der Waals surface area (Å²) in [6.07, 6.45) is 0.317. The van der Waals surface area contributed by atoms with Crippen molar-refractivity contribution in [1.82, 2.24) is 5.32 Å². The minimum atomic E-state index is -0.813. The molecule has 0 radical (unpaired) electrons. The van der Waals surface area contributed by atoms with Crippen molar-refractivity contribution in [3.8, 4) is 0 Å². The zero-order valence-electron chi connectivity index (χ0n) is 12.9. The molecule has 126 valence electrons. The second-order valence-corrected chi connectivity index (χ2v) is 5.89. The molecule has 0 fully saturated rings. The highest BCUT2D eigenvalue weighted by molar-refractivity contribution is 6.35. The lowest BCUT2D eigenvalue weighted by Gasteiger charge is -2.17. The van der Waals surface area contributed by atoms with Crippen molar-refractivity contribution in [2.45, 2.75) is 12.5 Å². The Labute approximate surface area is 149 Å². The zero-order chi connectivity index (χ0) is 17.5. The largest absolute Gasteiger partial charge is 0.467 e. The number of halogens is 2. The van der Waals surface area contributed by atoms with E-state index < -0.39 is 18.0 Å². The molecule has 0 saturated carbocycles. The van der Waals surface area contributed by atoms with Crippen LogP contribution in [0.5, 0.6) is 0 Å². The number of ether oxygens (including phenoxy) is 1. The van der Waals surface area contributed by atoms with Crippen LogP contribution in [0.4, 0.5) is 10.5 Å². The van der Waals surface area contributed by atoms with E-state index in [0.717, 1.165) is 5.56 Å². The van der Waals surface area contributed by atoms with E-state index in [1.54, 1.807) is 18.2 Å². The number of anilines is 1. The van der Waals surface area contributed by atoms with Gasteiger partial charge in [-0.15, -0.1) is 0 Å². The van der Waals surface area contributed by atoms with Gasteiger partial charge in [0.15, 0.2) is 0 Å². The van der Waals surface area contributed by atoms with E-state index in [9.17, 15) is 9.59 Å². The topological polar surface area (TPSA) is 67.4 Å². The lowest BCUT2D eigenvalue weighted by molar-refractivity contribution is -0.142. The molecule has 0 heterocycles. The average molecular weight is 367 g/mol. The fourth-order valence-electron chi connectivity index (χ4n) is 2.14. The van der Waals surface area contributed by atoms with Crippen LogP contribution in [0.15, 0.2) is 48.5 Å². The fraction of sp³-hybridized carbons (Fsp3) is 0.176. The second kappa shape index (κ2) is 8.57. The van der Waals surface area contributed by atoms with Gasteiger partial charge in [-0.2, -0.15) is 0 Å². The molecule has 2 N–H and O–H groups in total. The number of carbonyl (C=O) groups is 2. The number of urea groups is 1. The molecule has 0 bridgehead atoms. The number of rotatable bonds is 5. The summed E-state index contributed by atoms with van der Waals surface area (Å²) >= 11 is 11.8. The van der Waals surface area contributed by atoms with Crippen LogP contribution < -0.4 is 10.6 Å². The van der Waals surface area contributed by atoms with E-state index in [1.807, 2.05) is 30.3 Å². The van der Waals surface area contributed by atoms with E-state index in [4.69, 9.17) is 27.9 Å². The van der Waals surface area contributed by atoms with Gasteiger partial charge < -0.3 is 15.4 Å². The monoisotopic (exact) mass is 366 g/mol. The maximum absolute atomic E-state index is 12.1. The Morgan fingerprint density at radius 2 is 1.71 bits per heavy atom. The van der Waals surface area contributed by atoms with Gasteiger partial charge in [-0.3, -0.25) is 0 Å². The highest BCUT2D eigenvalue weighted by atomic mass is 35.5. The molecule has 5 nitrogen and oxygen atoms in total. The second-order valence-electron chi connectivity index (χ2n) is 5.02. The molecule has 0 saturated heterocycles. The van der Waals surface area contributed by atoms with Crippen LogP contribution >= 0.6 is 23.2 Å². The Balaban J connectivity index is 2.05. The SMILES string of the molecule is COC(=O)[C@H](Cc1ccccc1)NC(=O)Nc1cc(Cl)cc(Cl)c1. The van der Waals surface area contributed by atoms with Crippen molar-refractivity contribution in [1.29, 1.82) is 0 Å². The first-order valence-corrected chi connectivity index (χ1v) is 7.89. The smallest absolute Gasteiger partial charge is 0.328 e. The molecule has 7 heteroatoms. The third-order valence-corrected chi connectivity index (χ3v) is 3.63. The first-order chi connectivity index (χ1) is 11.5. The maximum Gasteiger partial charge on any atom is 0.328 e. The van der Waals surface area contributed by atoms with E-state index >= 15 is 0 Å². The van der Waals surface area contributed by atoms with Crippen LogP contribution in [-0.4, -0.2) is 25.2 Å². The molecule has 1 atom stereocenters. The summed E-state index contributed by atoms with van der Waals surface area (Å²) < 4.78 is 4.75. The average Bonchev–Trinajstić information content (AvgIpc) is 2.53. The molecule has 2 aromatic rings. The molecule has 2 amide bonds. The molecular weight excluding hydrogens is 351 g/mol. The third kappa shape index (κ3) is 5.44. The van der Waals surface area contributed by atoms with Crippen molar-refractivity contribution in [2.24, 2.45) is 0 Å². The van der Waals surface area contributed by atoms with Gasteiger partial charge in [-0.1, -0.05) is 53.5 Å². The Morgan fingerprint density at radius 3 is 2.29 bits per heavy atom. The van der Waals surface area contributed by atoms with Crippen LogP contribution in [0.2, 0.25) is 10.0 Å². The summed E-state index contributed by atoms with van der Waals surface area (Å²) in [7, 11) is 1.27. The highest BCUT2D eigenvalue weighted by Gasteiger charge is 2.22. The Bertz CT molecular complexity index is 703. The summed E-state index contributed by atoms with van der Waals surface area (Å²) in [4.78, 5) is 24.0. The number of methoxy groups -OCH3 is 1. The number of carbonyl (C=O) groups excluding carboxylic acids is 2. The van der Waals surface area contributed by atoms with Crippen LogP contribution in [0.1, 0.15) is 5.56 Å². The summed E-state index contributed by atoms with van der Waals surface area (Å²) in [5.41, 5.74) is 1.33. The number of hydrogen-bond acceptors (Lipinski definition) is 3. The van der Waals surface area contributed by atoms with Gasteiger partial charge in [-0.05, 0) is 23.8 Å². The van der Waals surface area contributed by atoms with Gasteiger partial charge in [0.2, 0.25) is 0 Å². The van der Waals surface area contributed by atoms with Crippen molar-refractivity contribution in [3.63, 3.8) is 0 Å². The summed E-state index contributed by atoms with van der Waals surface area (Å²) in [6.45, 7) is 0. The van der Waals surface area contributed by atoms with Crippen molar-refractivity contribution in [2.75, 3.05) is 12.4 Å².